The van der Waals surface area contributed by atoms with Crippen molar-refractivity contribution < 1.29 is 23.5 Å². The van der Waals surface area contributed by atoms with Gasteiger partial charge in [0, 0.05) is 50.5 Å². The van der Waals surface area contributed by atoms with Gasteiger partial charge < -0.3 is 20.3 Å². The first kappa shape index (κ1) is 26.5. The molecular formula is C25H36FN5O4. The number of halogens is 1. The van der Waals surface area contributed by atoms with E-state index in [0.717, 1.165) is 0 Å². The first-order chi connectivity index (χ1) is 16.4. The maximum atomic E-state index is 13.5. The summed E-state index contributed by atoms with van der Waals surface area (Å²) in [5.41, 5.74) is 1.11. The largest absolute Gasteiger partial charge is 0.463 e. The summed E-state index contributed by atoms with van der Waals surface area (Å²) in [5.74, 6) is -0.933. The van der Waals surface area contributed by atoms with E-state index in [9.17, 15) is 18.8 Å². The summed E-state index contributed by atoms with van der Waals surface area (Å²) >= 11 is 0. The Morgan fingerprint density at radius 3 is 2.43 bits per heavy atom. The van der Waals surface area contributed by atoms with Crippen molar-refractivity contribution in [1.82, 2.24) is 25.3 Å². The van der Waals surface area contributed by atoms with Crippen LogP contribution in [0.15, 0.2) is 35.5 Å². The normalized spacial score (nSPS) is 21.6. The first-order valence-corrected chi connectivity index (χ1v) is 11.9. The van der Waals surface area contributed by atoms with Crippen molar-refractivity contribution in [3.63, 3.8) is 0 Å². The number of benzene rings is 1. The molecule has 0 bridgehead atoms. The maximum Gasteiger partial charge on any atom is 0.338 e. The van der Waals surface area contributed by atoms with Gasteiger partial charge in [-0.2, -0.15) is 0 Å². The molecule has 2 aliphatic heterocycles. The molecule has 1 fully saturated rings. The van der Waals surface area contributed by atoms with Gasteiger partial charge in [-0.3, -0.25) is 9.80 Å². The van der Waals surface area contributed by atoms with Gasteiger partial charge in [-0.15, -0.1) is 0 Å². The van der Waals surface area contributed by atoms with E-state index in [2.05, 4.69) is 15.5 Å². The number of nitrogens with zero attached hydrogens (tertiary/aromatic N) is 3. The molecule has 4 amide bonds. The average Bonchev–Trinajstić information content (AvgIpc) is 2.76. The number of ether oxygens (including phenoxy) is 1. The van der Waals surface area contributed by atoms with Crippen LogP contribution >= 0.6 is 0 Å². The minimum Gasteiger partial charge on any atom is -0.463 e. The van der Waals surface area contributed by atoms with Gasteiger partial charge in [0.2, 0.25) is 0 Å². The van der Waals surface area contributed by atoms with Crippen LogP contribution in [0.25, 0.3) is 0 Å². The zero-order valence-electron chi connectivity index (χ0n) is 21.4. The van der Waals surface area contributed by atoms with Crippen LogP contribution in [0.5, 0.6) is 0 Å². The monoisotopic (exact) mass is 489 g/mol. The lowest BCUT2D eigenvalue weighted by Gasteiger charge is -2.43. The van der Waals surface area contributed by atoms with Crippen molar-refractivity contribution in [2.75, 3.05) is 39.8 Å². The molecule has 0 aliphatic carbocycles. The molecular weight excluding hydrogens is 453 g/mol. The van der Waals surface area contributed by atoms with Crippen molar-refractivity contribution in [3.05, 3.63) is 46.9 Å². The zero-order valence-corrected chi connectivity index (χ0v) is 21.4. The number of esters is 1. The highest BCUT2D eigenvalue weighted by molar-refractivity contribution is 5.95. The van der Waals surface area contributed by atoms with E-state index in [0.29, 0.717) is 43.0 Å². The molecule has 1 aromatic rings. The molecule has 2 heterocycles. The molecule has 35 heavy (non-hydrogen) atoms. The van der Waals surface area contributed by atoms with E-state index in [4.69, 9.17) is 4.74 Å². The molecule has 0 radical (unpaired) electrons. The second-order valence-corrected chi connectivity index (χ2v) is 10.0. The number of amides is 4. The fourth-order valence-electron chi connectivity index (χ4n) is 4.39. The molecule has 0 saturated carbocycles. The summed E-state index contributed by atoms with van der Waals surface area (Å²) in [6.07, 6.45) is 0. The quantitative estimate of drug-likeness (QED) is 0.621. The number of hydrogen-bond donors (Lipinski definition) is 2. The summed E-state index contributed by atoms with van der Waals surface area (Å²) in [6, 6.07) is 4.41. The highest BCUT2D eigenvalue weighted by Gasteiger charge is 2.38. The Kier molecular flexibility index (Phi) is 8.04. The van der Waals surface area contributed by atoms with Crippen LogP contribution in [0.2, 0.25) is 0 Å². The lowest BCUT2D eigenvalue weighted by atomic mass is 9.94. The molecule has 2 atom stereocenters. The number of piperazine rings is 1. The summed E-state index contributed by atoms with van der Waals surface area (Å²) in [5, 5.41) is 5.84. The van der Waals surface area contributed by atoms with Crippen LogP contribution in [-0.2, 0) is 9.53 Å². The van der Waals surface area contributed by atoms with Gasteiger partial charge in [-0.1, -0.05) is 12.1 Å². The van der Waals surface area contributed by atoms with Crippen LogP contribution in [0, 0.1) is 5.82 Å². The Balaban J connectivity index is 1.88. The van der Waals surface area contributed by atoms with E-state index in [-0.39, 0.29) is 30.2 Å². The van der Waals surface area contributed by atoms with E-state index in [1.165, 1.54) is 17.0 Å². The summed E-state index contributed by atoms with van der Waals surface area (Å²) in [7, 11) is 1.61. The minimum absolute atomic E-state index is 0.0617. The number of likely N-dealkylation sites (N-methyl/N-ethyl adjacent to an activating group) is 1. The van der Waals surface area contributed by atoms with Crippen LogP contribution < -0.4 is 10.6 Å². The van der Waals surface area contributed by atoms with E-state index >= 15 is 0 Å². The van der Waals surface area contributed by atoms with Crippen molar-refractivity contribution in [3.8, 4) is 0 Å². The molecule has 9 nitrogen and oxygen atoms in total. The standard InChI is InChI=1S/C25H36FN5O4/c1-7-35-22(32)20-19(29(6)23(33)27-21(20)17-8-10-18(26)11-9-17)15-30-12-13-31(16(2)14-30)24(34)28-25(3,4)5/h8-11,16,21H,7,12-15H2,1-6H3,(H,27,33)(H,28,34). The fourth-order valence-corrected chi connectivity index (χ4v) is 4.39. The predicted molar refractivity (Wildman–Crippen MR) is 130 cm³/mol. The van der Waals surface area contributed by atoms with Crippen molar-refractivity contribution >= 4 is 18.0 Å². The molecule has 0 aromatic heterocycles. The average molecular weight is 490 g/mol. The third kappa shape index (κ3) is 6.30. The van der Waals surface area contributed by atoms with Crippen LogP contribution in [0.1, 0.15) is 46.2 Å². The lowest BCUT2D eigenvalue weighted by molar-refractivity contribution is -0.139. The molecule has 192 valence electrons. The highest BCUT2D eigenvalue weighted by atomic mass is 19.1. The number of carbonyl (C=O) groups excluding carboxylic acids is 3. The third-order valence-corrected chi connectivity index (χ3v) is 6.10. The van der Waals surface area contributed by atoms with Gasteiger partial charge in [0.15, 0.2) is 0 Å². The second-order valence-electron chi connectivity index (χ2n) is 10.0. The van der Waals surface area contributed by atoms with E-state index in [1.54, 1.807) is 31.0 Å². The van der Waals surface area contributed by atoms with E-state index < -0.39 is 17.8 Å². The molecule has 10 heteroatoms. The number of hydrogen-bond acceptors (Lipinski definition) is 5. The molecule has 0 spiro atoms. The van der Waals surface area contributed by atoms with E-state index in [1.807, 2.05) is 27.7 Å². The fraction of sp³-hybridized carbons (Fsp3) is 0.560. The number of urea groups is 2. The SMILES string of the molecule is CCOC(=O)C1=C(CN2CCN(C(=O)NC(C)(C)C)C(C)C2)N(C)C(=O)NC1c1ccc(F)cc1. The minimum atomic E-state index is -0.760. The van der Waals surface area contributed by atoms with Crippen molar-refractivity contribution in [1.29, 1.82) is 0 Å². The van der Waals surface area contributed by atoms with Gasteiger partial charge in [-0.25, -0.2) is 18.8 Å². The Bertz CT molecular complexity index is 989. The summed E-state index contributed by atoms with van der Waals surface area (Å²) in [6.45, 7) is 11.7. The Morgan fingerprint density at radius 1 is 1.20 bits per heavy atom. The summed E-state index contributed by atoms with van der Waals surface area (Å²) < 4.78 is 18.9. The van der Waals surface area contributed by atoms with Gasteiger partial charge >= 0.3 is 18.0 Å². The van der Waals surface area contributed by atoms with Gasteiger partial charge in [-0.05, 0) is 52.3 Å². The predicted octanol–water partition coefficient (Wildman–Crippen LogP) is 2.85. The zero-order chi connectivity index (χ0) is 25.9. The van der Waals surface area contributed by atoms with Gasteiger partial charge in [0.05, 0.1) is 18.2 Å². The van der Waals surface area contributed by atoms with Gasteiger partial charge in [0.1, 0.15) is 5.82 Å². The van der Waals surface area contributed by atoms with Crippen molar-refractivity contribution in [2.45, 2.75) is 52.2 Å². The smallest absolute Gasteiger partial charge is 0.338 e. The van der Waals surface area contributed by atoms with Gasteiger partial charge in [0.25, 0.3) is 0 Å². The third-order valence-electron chi connectivity index (χ3n) is 6.10. The molecule has 2 N–H and O–H groups in total. The Morgan fingerprint density at radius 2 is 1.86 bits per heavy atom. The molecule has 1 aromatic carbocycles. The number of nitrogens with one attached hydrogen (secondary N) is 2. The first-order valence-electron chi connectivity index (χ1n) is 11.9. The number of rotatable bonds is 5. The molecule has 2 aliphatic rings. The molecule has 3 rings (SSSR count). The Labute approximate surface area is 206 Å². The number of carbonyl (C=O) groups is 3. The highest BCUT2D eigenvalue weighted by Crippen LogP contribution is 2.32. The summed E-state index contributed by atoms with van der Waals surface area (Å²) in [4.78, 5) is 44.0. The van der Waals surface area contributed by atoms with Crippen LogP contribution in [-0.4, -0.2) is 84.1 Å². The maximum absolute atomic E-state index is 13.5. The van der Waals surface area contributed by atoms with Crippen LogP contribution in [0.3, 0.4) is 0 Å². The topological polar surface area (TPSA) is 94.2 Å². The van der Waals surface area contributed by atoms with Crippen LogP contribution in [0.4, 0.5) is 14.0 Å². The Hall–Kier alpha value is -3.14. The second kappa shape index (κ2) is 10.6. The lowest BCUT2D eigenvalue weighted by Crippen LogP contribution is -2.59. The molecule has 2 unspecified atom stereocenters. The van der Waals surface area contributed by atoms with Crippen molar-refractivity contribution in [2.24, 2.45) is 0 Å². The molecule has 1 saturated heterocycles.